The lowest BCUT2D eigenvalue weighted by molar-refractivity contribution is -0.151. The summed E-state index contributed by atoms with van der Waals surface area (Å²) in [4.78, 5) is 11.2. The lowest BCUT2D eigenvalue weighted by Crippen LogP contribution is -2.54. The quantitative estimate of drug-likeness (QED) is 0.795. The molecule has 0 aromatic carbocycles. The Morgan fingerprint density at radius 1 is 1.47 bits per heavy atom. The number of rotatable bonds is 5. The molecular weight excluding hydrogens is 220 g/mol. The molecule has 17 heavy (non-hydrogen) atoms. The summed E-state index contributed by atoms with van der Waals surface area (Å²) in [6.07, 6.45) is 1.62. The molecule has 0 radical (unpaired) electrons. The van der Waals surface area contributed by atoms with E-state index >= 15 is 0 Å². The Bertz CT molecular complexity index is 409. The third-order valence-electron chi connectivity index (χ3n) is 3.59. The molecule has 1 aromatic rings. The minimum Gasteiger partial charge on any atom is -0.481 e. The summed E-state index contributed by atoms with van der Waals surface area (Å²) in [6, 6.07) is 0. The summed E-state index contributed by atoms with van der Waals surface area (Å²) in [7, 11) is 1.85. The molecule has 0 aliphatic rings. The van der Waals surface area contributed by atoms with Crippen molar-refractivity contribution in [1.82, 2.24) is 20.1 Å². The fourth-order valence-corrected chi connectivity index (χ4v) is 1.26. The monoisotopic (exact) mass is 240 g/mol. The molecular formula is C11H20N4O2. The number of aryl methyl sites for hydroxylation is 1. The second-order valence-corrected chi connectivity index (χ2v) is 5.27. The van der Waals surface area contributed by atoms with Crippen LogP contribution in [0, 0.1) is 5.41 Å². The average molecular weight is 240 g/mol. The fourth-order valence-electron chi connectivity index (χ4n) is 1.26. The largest absolute Gasteiger partial charge is 0.481 e. The van der Waals surface area contributed by atoms with Crippen LogP contribution in [0.3, 0.4) is 0 Å². The molecule has 6 heteroatoms. The van der Waals surface area contributed by atoms with E-state index in [1.165, 1.54) is 0 Å². The van der Waals surface area contributed by atoms with Crippen LogP contribution in [0.5, 0.6) is 0 Å². The Hall–Kier alpha value is -1.43. The summed E-state index contributed by atoms with van der Waals surface area (Å²) in [6.45, 7) is 7.65. The maximum Gasteiger partial charge on any atom is 0.310 e. The Morgan fingerprint density at radius 3 is 2.47 bits per heavy atom. The Labute approximate surface area is 101 Å². The number of nitrogens with one attached hydrogen (secondary N) is 1. The van der Waals surface area contributed by atoms with E-state index in [1.807, 2.05) is 20.9 Å². The van der Waals surface area contributed by atoms with Gasteiger partial charge < -0.3 is 15.0 Å². The molecule has 0 aliphatic heterocycles. The number of aliphatic carboxylic acids is 1. The topological polar surface area (TPSA) is 80.0 Å². The van der Waals surface area contributed by atoms with Gasteiger partial charge in [-0.2, -0.15) is 0 Å². The van der Waals surface area contributed by atoms with E-state index in [4.69, 9.17) is 0 Å². The van der Waals surface area contributed by atoms with Crippen molar-refractivity contribution in [3.05, 3.63) is 12.2 Å². The Kier molecular flexibility index (Phi) is 3.56. The first-order chi connectivity index (χ1) is 7.68. The van der Waals surface area contributed by atoms with Crippen LogP contribution in [0.2, 0.25) is 0 Å². The SMILES string of the molecule is Cn1cnnc1CNC(C)(C)C(C)(C)C(=O)O. The van der Waals surface area contributed by atoms with Crippen molar-refractivity contribution in [3.8, 4) is 0 Å². The lowest BCUT2D eigenvalue weighted by atomic mass is 9.74. The molecule has 0 saturated heterocycles. The van der Waals surface area contributed by atoms with Gasteiger partial charge in [-0.1, -0.05) is 0 Å². The Morgan fingerprint density at radius 2 is 2.06 bits per heavy atom. The number of aromatic nitrogens is 3. The molecule has 1 aromatic heterocycles. The van der Waals surface area contributed by atoms with E-state index in [-0.39, 0.29) is 0 Å². The van der Waals surface area contributed by atoms with Gasteiger partial charge >= 0.3 is 5.97 Å². The minimum absolute atomic E-state index is 0.486. The predicted molar refractivity (Wildman–Crippen MR) is 63.3 cm³/mol. The van der Waals surface area contributed by atoms with Crippen LogP contribution in [-0.4, -0.2) is 31.4 Å². The van der Waals surface area contributed by atoms with Crippen LogP contribution >= 0.6 is 0 Å². The van der Waals surface area contributed by atoms with E-state index in [0.717, 1.165) is 5.82 Å². The van der Waals surface area contributed by atoms with Crippen molar-refractivity contribution >= 4 is 5.97 Å². The molecule has 96 valence electrons. The van der Waals surface area contributed by atoms with Gasteiger partial charge in [0.15, 0.2) is 0 Å². The van der Waals surface area contributed by atoms with Crippen LogP contribution in [0.15, 0.2) is 6.33 Å². The molecule has 0 spiro atoms. The van der Waals surface area contributed by atoms with E-state index in [2.05, 4.69) is 15.5 Å². The zero-order chi connectivity index (χ0) is 13.3. The second kappa shape index (κ2) is 4.44. The van der Waals surface area contributed by atoms with Crippen molar-refractivity contribution in [2.75, 3.05) is 0 Å². The van der Waals surface area contributed by atoms with Crippen molar-refractivity contribution in [3.63, 3.8) is 0 Å². The van der Waals surface area contributed by atoms with Gasteiger partial charge in [0.25, 0.3) is 0 Å². The number of hydrogen-bond donors (Lipinski definition) is 2. The van der Waals surface area contributed by atoms with Gasteiger partial charge in [-0.05, 0) is 27.7 Å². The molecule has 6 nitrogen and oxygen atoms in total. The van der Waals surface area contributed by atoms with E-state index in [0.29, 0.717) is 6.54 Å². The molecule has 0 fully saturated rings. The lowest BCUT2D eigenvalue weighted by Gasteiger charge is -2.38. The average Bonchev–Trinajstić information content (AvgIpc) is 2.60. The first-order valence-corrected chi connectivity index (χ1v) is 5.50. The van der Waals surface area contributed by atoms with Gasteiger partial charge in [-0.15, -0.1) is 10.2 Å². The van der Waals surface area contributed by atoms with Gasteiger partial charge in [-0.3, -0.25) is 4.79 Å². The molecule has 1 heterocycles. The highest BCUT2D eigenvalue weighted by molar-refractivity contribution is 5.75. The standard InChI is InChI=1S/C11H20N4O2/c1-10(2,9(16)17)11(3,4)12-6-8-14-13-7-15(8)5/h7,12H,6H2,1-5H3,(H,16,17). The maximum atomic E-state index is 11.2. The summed E-state index contributed by atoms with van der Waals surface area (Å²) in [5.74, 6) is -0.0489. The van der Waals surface area contributed by atoms with Crippen molar-refractivity contribution in [2.45, 2.75) is 39.8 Å². The summed E-state index contributed by atoms with van der Waals surface area (Å²) < 4.78 is 1.80. The minimum atomic E-state index is -0.869. The fraction of sp³-hybridized carbons (Fsp3) is 0.727. The molecule has 0 saturated carbocycles. The van der Waals surface area contributed by atoms with Crippen LogP contribution in [0.4, 0.5) is 0 Å². The van der Waals surface area contributed by atoms with Gasteiger partial charge in [0.2, 0.25) is 0 Å². The zero-order valence-corrected chi connectivity index (χ0v) is 11.0. The van der Waals surface area contributed by atoms with Crippen molar-refractivity contribution in [2.24, 2.45) is 12.5 Å². The summed E-state index contributed by atoms with van der Waals surface area (Å²) >= 11 is 0. The highest BCUT2D eigenvalue weighted by Gasteiger charge is 2.43. The smallest absolute Gasteiger partial charge is 0.310 e. The molecule has 2 N–H and O–H groups in total. The van der Waals surface area contributed by atoms with Crippen molar-refractivity contribution < 1.29 is 9.90 Å². The first-order valence-electron chi connectivity index (χ1n) is 5.50. The first kappa shape index (κ1) is 13.6. The molecule has 0 bridgehead atoms. The van der Waals surface area contributed by atoms with E-state index in [9.17, 15) is 9.90 Å². The highest BCUT2D eigenvalue weighted by atomic mass is 16.4. The van der Waals surface area contributed by atoms with Crippen molar-refractivity contribution in [1.29, 1.82) is 0 Å². The molecule has 0 atom stereocenters. The van der Waals surface area contributed by atoms with Crippen LogP contribution in [-0.2, 0) is 18.4 Å². The van der Waals surface area contributed by atoms with Crippen LogP contribution < -0.4 is 5.32 Å². The zero-order valence-electron chi connectivity index (χ0n) is 11.0. The van der Waals surface area contributed by atoms with Gasteiger partial charge in [0.1, 0.15) is 12.2 Å². The number of carboxylic acids is 1. The van der Waals surface area contributed by atoms with Crippen LogP contribution in [0.1, 0.15) is 33.5 Å². The Balaban J connectivity index is 2.74. The maximum absolute atomic E-state index is 11.2. The number of hydrogen-bond acceptors (Lipinski definition) is 4. The van der Waals surface area contributed by atoms with E-state index in [1.54, 1.807) is 24.7 Å². The molecule has 0 aliphatic carbocycles. The number of carbonyl (C=O) groups is 1. The van der Waals surface area contributed by atoms with Gasteiger partial charge in [0.05, 0.1) is 12.0 Å². The normalized spacial score (nSPS) is 12.8. The molecule has 0 unspecified atom stereocenters. The van der Waals surface area contributed by atoms with Crippen LogP contribution in [0.25, 0.3) is 0 Å². The third kappa shape index (κ3) is 2.63. The predicted octanol–water partition coefficient (Wildman–Crippen LogP) is 0.794. The second-order valence-electron chi connectivity index (χ2n) is 5.27. The third-order valence-corrected chi connectivity index (χ3v) is 3.59. The summed E-state index contributed by atoms with van der Waals surface area (Å²) in [5, 5.41) is 20.2. The molecule has 0 amide bonds. The highest BCUT2D eigenvalue weighted by Crippen LogP contribution is 2.30. The summed E-state index contributed by atoms with van der Waals surface area (Å²) in [5.41, 5.74) is -1.42. The van der Waals surface area contributed by atoms with Gasteiger partial charge in [0, 0.05) is 12.6 Å². The number of nitrogens with zero attached hydrogens (tertiary/aromatic N) is 3. The number of carboxylic acid groups (broad SMARTS) is 1. The molecule has 1 rings (SSSR count). The van der Waals surface area contributed by atoms with Gasteiger partial charge in [-0.25, -0.2) is 0 Å². The van der Waals surface area contributed by atoms with E-state index < -0.39 is 16.9 Å².